The van der Waals surface area contributed by atoms with Gasteiger partial charge in [0.1, 0.15) is 0 Å². The van der Waals surface area contributed by atoms with Crippen molar-refractivity contribution in [2.75, 3.05) is 0 Å². The molecule has 0 aliphatic rings. The topological polar surface area (TPSA) is 84.3 Å². The van der Waals surface area contributed by atoms with Gasteiger partial charge in [-0.25, -0.2) is 9.59 Å². The first-order valence-corrected chi connectivity index (χ1v) is 4.45. The van der Waals surface area contributed by atoms with E-state index in [0.717, 1.165) is 6.20 Å². The van der Waals surface area contributed by atoms with Crippen LogP contribution in [0.2, 0.25) is 0 Å². The highest BCUT2D eigenvalue weighted by Gasteiger charge is 2.12. The Morgan fingerprint density at radius 1 is 1.31 bits per heavy atom. The first-order valence-electron chi connectivity index (χ1n) is 4.45. The molecule has 0 bridgehead atoms. The summed E-state index contributed by atoms with van der Waals surface area (Å²) in [6.45, 7) is 0. The normalized spacial score (nSPS) is 10.0. The number of rotatable bonds is 2. The van der Waals surface area contributed by atoms with Gasteiger partial charge in [-0.1, -0.05) is 22.9 Å². The number of aromatic amines is 1. The van der Waals surface area contributed by atoms with Crippen LogP contribution in [0, 0.1) is 0 Å². The number of aromatic hydroxyl groups is 1. The molecule has 0 radical (unpaired) electrons. The van der Waals surface area contributed by atoms with Crippen LogP contribution in [0.15, 0.2) is 41.3 Å². The van der Waals surface area contributed by atoms with Gasteiger partial charge in [-0.05, 0) is 12.1 Å². The standard InChI is InChI=1S/C10H8N2O4/c13-8-6-11-10(15)12(8)16-9(14)7-4-2-1-3-5-7/h1-6,13H,(H,11,15). The molecule has 1 aromatic heterocycles. The van der Waals surface area contributed by atoms with Gasteiger partial charge in [-0.2, -0.15) is 0 Å². The number of carbonyl (C=O) groups is 1. The molecule has 0 aliphatic heterocycles. The van der Waals surface area contributed by atoms with Crippen LogP contribution in [-0.2, 0) is 0 Å². The van der Waals surface area contributed by atoms with Gasteiger partial charge in [-0.15, -0.1) is 0 Å². The average Bonchev–Trinajstić information content (AvgIpc) is 2.62. The van der Waals surface area contributed by atoms with Crippen LogP contribution in [-0.4, -0.2) is 20.8 Å². The van der Waals surface area contributed by atoms with Crippen molar-refractivity contribution in [2.24, 2.45) is 0 Å². The van der Waals surface area contributed by atoms with Crippen molar-refractivity contribution in [1.82, 2.24) is 9.71 Å². The lowest BCUT2D eigenvalue weighted by Gasteiger charge is -2.02. The summed E-state index contributed by atoms with van der Waals surface area (Å²) in [5.41, 5.74) is -0.434. The van der Waals surface area contributed by atoms with Gasteiger partial charge < -0.3 is 14.9 Å². The SMILES string of the molecule is O=C(On1c(O)c[nH]c1=O)c1ccccc1. The highest BCUT2D eigenvalue weighted by atomic mass is 16.7. The Balaban J connectivity index is 2.24. The van der Waals surface area contributed by atoms with Gasteiger partial charge in [0.25, 0.3) is 0 Å². The van der Waals surface area contributed by atoms with Gasteiger partial charge in [0, 0.05) is 0 Å². The van der Waals surface area contributed by atoms with Crippen LogP contribution in [0.4, 0.5) is 0 Å². The number of hydrogen-bond acceptors (Lipinski definition) is 4. The Hall–Kier alpha value is -2.50. The predicted octanol–water partition coefficient (Wildman–Crippen LogP) is 0.151. The molecule has 1 aromatic carbocycles. The van der Waals surface area contributed by atoms with E-state index in [1.165, 1.54) is 12.1 Å². The number of H-pyrrole nitrogens is 1. The third kappa shape index (κ3) is 1.81. The lowest BCUT2D eigenvalue weighted by atomic mass is 10.2. The fourth-order valence-electron chi connectivity index (χ4n) is 1.15. The Labute approximate surface area is 89.7 Å². The van der Waals surface area contributed by atoms with E-state index in [1.807, 2.05) is 0 Å². The number of hydrogen-bond donors (Lipinski definition) is 2. The van der Waals surface area contributed by atoms with Crippen LogP contribution >= 0.6 is 0 Å². The molecule has 16 heavy (non-hydrogen) atoms. The van der Waals surface area contributed by atoms with Crippen molar-refractivity contribution >= 4 is 5.97 Å². The Bertz CT molecular complexity index is 556. The zero-order valence-corrected chi connectivity index (χ0v) is 8.08. The number of nitrogens with zero attached hydrogens (tertiary/aromatic N) is 1. The molecular formula is C10H8N2O4. The van der Waals surface area contributed by atoms with E-state index in [-0.39, 0.29) is 5.56 Å². The van der Waals surface area contributed by atoms with Crippen molar-refractivity contribution in [3.63, 3.8) is 0 Å². The van der Waals surface area contributed by atoms with Crippen LogP contribution in [0.25, 0.3) is 0 Å². The predicted molar refractivity (Wildman–Crippen MR) is 54.1 cm³/mol. The summed E-state index contributed by atoms with van der Waals surface area (Å²) in [5, 5.41) is 9.18. The Kier molecular flexibility index (Phi) is 2.47. The van der Waals surface area contributed by atoms with E-state index in [2.05, 4.69) is 9.82 Å². The van der Waals surface area contributed by atoms with Gasteiger partial charge in [0.05, 0.1) is 11.8 Å². The summed E-state index contributed by atoms with van der Waals surface area (Å²) in [7, 11) is 0. The van der Waals surface area contributed by atoms with Crippen LogP contribution in [0.5, 0.6) is 5.88 Å². The molecule has 2 rings (SSSR count). The van der Waals surface area contributed by atoms with Crippen molar-refractivity contribution in [3.05, 3.63) is 52.6 Å². The smallest absolute Gasteiger partial charge is 0.364 e. The average molecular weight is 220 g/mol. The minimum Gasteiger partial charge on any atom is -0.491 e. The minimum absolute atomic E-state index is 0.287. The summed E-state index contributed by atoms with van der Waals surface area (Å²) >= 11 is 0. The minimum atomic E-state index is -0.724. The zero-order valence-electron chi connectivity index (χ0n) is 8.08. The molecule has 6 nitrogen and oxygen atoms in total. The highest BCUT2D eigenvalue weighted by molar-refractivity contribution is 5.89. The summed E-state index contributed by atoms with van der Waals surface area (Å²) < 4.78 is 0.481. The molecule has 2 aromatic rings. The molecule has 0 saturated heterocycles. The van der Waals surface area contributed by atoms with E-state index in [1.54, 1.807) is 18.2 Å². The number of nitrogens with one attached hydrogen (secondary N) is 1. The molecule has 2 N–H and O–H groups in total. The molecule has 0 saturated carbocycles. The first-order chi connectivity index (χ1) is 7.68. The lowest BCUT2D eigenvalue weighted by molar-refractivity contribution is 0.0404. The second-order valence-electron chi connectivity index (χ2n) is 2.99. The summed E-state index contributed by atoms with van der Waals surface area (Å²) in [5.74, 6) is -1.19. The quantitative estimate of drug-likeness (QED) is 0.754. The molecule has 6 heteroatoms. The van der Waals surface area contributed by atoms with Crippen molar-refractivity contribution in [2.45, 2.75) is 0 Å². The molecule has 82 valence electrons. The van der Waals surface area contributed by atoms with E-state index in [9.17, 15) is 14.7 Å². The number of carbonyl (C=O) groups excluding carboxylic acids is 1. The fourth-order valence-corrected chi connectivity index (χ4v) is 1.15. The highest BCUT2D eigenvalue weighted by Crippen LogP contribution is 2.03. The van der Waals surface area contributed by atoms with Crippen LogP contribution in [0.3, 0.4) is 0 Å². The Morgan fingerprint density at radius 3 is 2.56 bits per heavy atom. The molecule has 0 fully saturated rings. The molecule has 0 amide bonds. The maximum absolute atomic E-state index is 11.5. The maximum atomic E-state index is 11.5. The molecule has 1 heterocycles. The van der Waals surface area contributed by atoms with Crippen LogP contribution in [0.1, 0.15) is 10.4 Å². The van der Waals surface area contributed by atoms with E-state index < -0.39 is 17.5 Å². The maximum Gasteiger partial charge on any atom is 0.364 e. The second kappa shape index (κ2) is 3.93. The zero-order chi connectivity index (χ0) is 11.5. The Morgan fingerprint density at radius 2 is 2.00 bits per heavy atom. The summed E-state index contributed by atoms with van der Waals surface area (Å²) in [6.07, 6.45) is 1.03. The monoisotopic (exact) mass is 220 g/mol. The lowest BCUT2D eigenvalue weighted by Crippen LogP contribution is -2.28. The third-order valence-corrected chi connectivity index (χ3v) is 1.90. The number of aromatic nitrogens is 2. The largest absolute Gasteiger partial charge is 0.491 e. The molecular weight excluding hydrogens is 212 g/mol. The van der Waals surface area contributed by atoms with Crippen molar-refractivity contribution in [1.29, 1.82) is 0 Å². The summed E-state index contributed by atoms with van der Waals surface area (Å²) in [6, 6.07) is 8.15. The van der Waals surface area contributed by atoms with Crippen molar-refractivity contribution in [3.8, 4) is 5.88 Å². The molecule has 0 unspecified atom stereocenters. The van der Waals surface area contributed by atoms with E-state index >= 15 is 0 Å². The first kappa shape index (κ1) is 10.0. The third-order valence-electron chi connectivity index (χ3n) is 1.90. The fraction of sp³-hybridized carbons (Fsp3) is 0. The van der Waals surface area contributed by atoms with E-state index in [0.29, 0.717) is 4.73 Å². The second-order valence-corrected chi connectivity index (χ2v) is 2.99. The van der Waals surface area contributed by atoms with Gasteiger partial charge in [0.15, 0.2) is 0 Å². The number of benzene rings is 1. The molecule has 0 spiro atoms. The van der Waals surface area contributed by atoms with Gasteiger partial charge >= 0.3 is 11.7 Å². The van der Waals surface area contributed by atoms with Gasteiger partial charge in [0.2, 0.25) is 5.88 Å². The summed E-state index contributed by atoms with van der Waals surface area (Å²) in [4.78, 5) is 29.4. The van der Waals surface area contributed by atoms with Crippen molar-refractivity contribution < 1.29 is 14.7 Å². The van der Waals surface area contributed by atoms with Gasteiger partial charge in [-0.3, -0.25) is 0 Å². The molecule has 0 atom stereocenters. The van der Waals surface area contributed by atoms with Crippen LogP contribution < -0.4 is 10.5 Å². The van der Waals surface area contributed by atoms with E-state index in [4.69, 9.17) is 0 Å². The number of imidazole rings is 1. The molecule has 0 aliphatic carbocycles.